The normalized spacial score (nSPS) is 11.1. The minimum Gasteiger partial charge on any atom is -0.367 e. The summed E-state index contributed by atoms with van der Waals surface area (Å²) in [5.41, 5.74) is -0.537. The molecule has 21 heavy (non-hydrogen) atoms. The molecule has 3 aromatic heterocycles. The molecule has 8 heteroatoms. The molecular weight excluding hydrogens is 274 g/mol. The van der Waals surface area contributed by atoms with Crippen LogP contribution in [0.25, 0.3) is 22.6 Å². The maximum absolute atomic E-state index is 11.9. The Morgan fingerprint density at radius 3 is 2.76 bits per heavy atom. The van der Waals surface area contributed by atoms with Gasteiger partial charge in [0.25, 0.3) is 5.56 Å². The Kier molecular flexibility index (Phi) is 3.05. The van der Waals surface area contributed by atoms with Crippen molar-refractivity contribution in [2.45, 2.75) is 19.9 Å². The van der Waals surface area contributed by atoms with Crippen LogP contribution in [0, 0.1) is 0 Å². The molecule has 8 nitrogen and oxygen atoms in total. The summed E-state index contributed by atoms with van der Waals surface area (Å²) in [6.45, 7) is 2.35. The molecule has 0 spiro atoms. The number of rotatable bonds is 3. The van der Waals surface area contributed by atoms with Gasteiger partial charge < -0.3 is 9.97 Å². The average Bonchev–Trinajstić information content (AvgIpc) is 2.89. The van der Waals surface area contributed by atoms with E-state index in [1.807, 2.05) is 6.92 Å². The second-order valence-electron chi connectivity index (χ2n) is 4.62. The number of hydrogen-bond donors (Lipinski definition) is 3. The molecular formula is C13H13N5O3. The standard InChI is InChI=1S/C13H13N5O3/c1-2-5-18-11-9(12(20)17-13(18)21)15-10(16-11)7-6-14-4-3-8(7)19/h3-4,6H,2,5H2,1H3,(H,14,19)(H,15,16)(H,17,20,21). The van der Waals surface area contributed by atoms with Crippen LogP contribution in [0.5, 0.6) is 0 Å². The van der Waals surface area contributed by atoms with Crippen molar-refractivity contribution in [2.75, 3.05) is 0 Å². The van der Waals surface area contributed by atoms with Crippen molar-refractivity contribution < 1.29 is 0 Å². The first-order valence-corrected chi connectivity index (χ1v) is 6.52. The second kappa shape index (κ2) is 4.89. The smallest absolute Gasteiger partial charge is 0.330 e. The van der Waals surface area contributed by atoms with Crippen LogP contribution in [-0.4, -0.2) is 24.5 Å². The quantitative estimate of drug-likeness (QED) is 0.637. The maximum Gasteiger partial charge on any atom is 0.330 e. The van der Waals surface area contributed by atoms with E-state index in [4.69, 9.17) is 0 Å². The van der Waals surface area contributed by atoms with Gasteiger partial charge >= 0.3 is 5.69 Å². The van der Waals surface area contributed by atoms with Gasteiger partial charge in [-0.25, -0.2) is 9.78 Å². The van der Waals surface area contributed by atoms with Crippen LogP contribution in [0.1, 0.15) is 13.3 Å². The molecule has 0 saturated heterocycles. The summed E-state index contributed by atoms with van der Waals surface area (Å²) in [4.78, 5) is 47.6. The molecule has 0 unspecified atom stereocenters. The molecule has 3 aromatic rings. The molecule has 0 radical (unpaired) electrons. The molecule has 0 aromatic carbocycles. The van der Waals surface area contributed by atoms with Crippen LogP contribution >= 0.6 is 0 Å². The topological polar surface area (TPSA) is 116 Å². The molecule has 0 bridgehead atoms. The van der Waals surface area contributed by atoms with Crippen molar-refractivity contribution in [1.82, 2.24) is 24.5 Å². The molecule has 108 valence electrons. The van der Waals surface area contributed by atoms with Crippen LogP contribution in [0.4, 0.5) is 0 Å². The molecule has 0 fully saturated rings. The van der Waals surface area contributed by atoms with Gasteiger partial charge in [0, 0.05) is 25.0 Å². The third-order valence-electron chi connectivity index (χ3n) is 3.16. The van der Waals surface area contributed by atoms with Crippen molar-refractivity contribution in [3.63, 3.8) is 0 Å². The van der Waals surface area contributed by atoms with E-state index in [9.17, 15) is 14.4 Å². The fourth-order valence-electron chi connectivity index (χ4n) is 2.20. The molecule has 0 amide bonds. The number of aromatic amines is 3. The van der Waals surface area contributed by atoms with Gasteiger partial charge in [0.2, 0.25) is 0 Å². The van der Waals surface area contributed by atoms with Crippen molar-refractivity contribution >= 4 is 11.2 Å². The zero-order valence-corrected chi connectivity index (χ0v) is 11.3. The van der Waals surface area contributed by atoms with Gasteiger partial charge in [-0.2, -0.15) is 0 Å². The lowest BCUT2D eigenvalue weighted by atomic mass is 10.2. The Hall–Kier alpha value is -2.90. The predicted molar refractivity (Wildman–Crippen MR) is 77.3 cm³/mol. The van der Waals surface area contributed by atoms with E-state index in [1.54, 1.807) is 0 Å². The first-order chi connectivity index (χ1) is 10.1. The highest BCUT2D eigenvalue weighted by Crippen LogP contribution is 2.13. The third-order valence-corrected chi connectivity index (χ3v) is 3.16. The van der Waals surface area contributed by atoms with Crippen molar-refractivity contribution in [1.29, 1.82) is 0 Å². The molecule has 0 saturated carbocycles. The lowest BCUT2D eigenvalue weighted by Gasteiger charge is -2.02. The van der Waals surface area contributed by atoms with Crippen molar-refractivity contribution in [3.05, 3.63) is 49.5 Å². The van der Waals surface area contributed by atoms with E-state index in [-0.39, 0.29) is 22.4 Å². The molecule has 3 rings (SSSR count). The minimum absolute atomic E-state index is 0.182. The fraction of sp³-hybridized carbons (Fsp3) is 0.231. The summed E-state index contributed by atoms with van der Waals surface area (Å²) in [6.07, 6.45) is 3.72. The van der Waals surface area contributed by atoms with Gasteiger partial charge in [0.05, 0.1) is 5.56 Å². The van der Waals surface area contributed by atoms with Crippen molar-refractivity contribution in [3.8, 4) is 11.4 Å². The molecule has 0 atom stereocenters. The summed E-state index contributed by atoms with van der Waals surface area (Å²) in [6, 6.07) is 1.37. The highest BCUT2D eigenvalue weighted by molar-refractivity contribution is 5.75. The Balaban J connectivity index is 2.35. The Labute approximate surface area is 117 Å². The highest BCUT2D eigenvalue weighted by atomic mass is 16.2. The number of imidazole rings is 1. The summed E-state index contributed by atoms with van der Waals surface area (Å²) in [5, 5.41) is 0. The van der Waals surface area contributed by atoms with Crippen LogP contribution in [-0.2, 0) is 6.54 Å². The summed E-state index contributed by atoms with van der Waals surface area (Å²) in [5.74, 6) is 0.257. The number of aromatic nitrogens is 5. The summed E-state index contributed by atoms with van der Waals surface area (Å²) >= 11 is 0. The zero-order chi connectivity index (χ0) is 15.0. The van der Waals surface area contributed by atoms with Crippen LogP contribution in [0.2, 0.25) is 0 Å². The molecule has 3 N–H and O–H groups in total. The molecule has 0 aliphatic carbocycles. The van der Waals surface area contributed by atoms with Gasteiger partial charge in [-0.3, -0.25) is 19.1 Å². The van der Waals surface area contributed by atoms with Gasteiger partial charge in [-0.15, -0.1) is 0 Å². The van der Waals surface area contributed by atoms with Crippen LogP contribution in [0.3, 0.4) is 0 Å². The largest absolute Gasteiger partial charge is 0.367 e. The van der Waals surface area contributed by atoms with E-state index in [0.29, 0.717) is 12.1 Å². The van der Waals surface area contributed by atoms with Crippen LogP contribution in [0.15, 0.2) is 32.8 Å². The summed E-state index contributed by atoms with van der Waals surface area (Å²) < 4.78 is 1.38. The zero-order valence-electron chi connectivity index (χ0n) is 11.3. The Morgan fingerprint density at radius 2 is 2.05 bits per heavy atom. The molecule has 0 aliphatic rings. The lowest BCUT2D eigenvalue weighted by Crippen LogP contribution is -2.30. The second-order valence-corrected chi connectivity index (χ2v) is 4.62. The predicted octanol–water partition coefficient (Wildman–Crippen LogP) is 0.178. The first kappa shape index (κ1) is 13.1. The Morgan fingerprint density at radius 1 is 1.24 bits per heavy atom. The fourth-order valence-corrected chi connectivity index (χ4v) is 2.20. The van der Waals surface area contributed by atoms with E-state index in [1.165, 1.54) is 23.0 Å². The molecule has 0 aliphatic heterocycles. The Bertz CT molecular complexity index is 976. The SMILES string of the molecule is CCCn1c(=O)[nH]c(=O)c2[nH]c(-c3c[nH]ccc3=O)nc21. The monoisotopic (exact) mass is 287 g/mol. The third kappa shape index (κ3) is 2.10. The van der Waals surface area contributed by atoms with Gasteiger partial charge in [-0.1, -0.05) is 6.92 Å². The number of H-pyrrole nitrogens is 3. The number of nitrogens with zero attached hydrogens (tertiary/aromatic N) is 2. The maximum atomic E-state index is 11.9. The summed E-state index contributed by atoms with van der Waals surface area (Å²) in [7, 11) is 0. The number of pyridine rings is 1. The van der Waals surface area contributed by atoms with Gasteiger partial charge in [0.15, 0.2) is 11.1 Å². The van der Waals surface area contributed by atoms with Gasteiger partial charge in [0.1, 0.15) is 11.3 Å². The minimum atomic E-state index is -0.548. The van der Waals surface area contributed by atoms with Gasteiger partial charge in [-0.05, 0) is 6.42 Å². The van der Waals surface area contributed by atoms with E-state index in [0.717, 1.165) is 6.42 Å². The van der Waals surface area contributed by atoms with Crippen LogP contribution < -0.4 is 16.7 Å². The lowest BCUT2D eigenvalue weighted by molar-refractivity contribution is 0.653. The van der Waals surface area contributed by atoms with Crippen molar-refractivity contribution in [2.24, 2.45) is 0 Å². The van der Waals surface area contributed by atoms with E-state index >= 15 is 0 Å². The number of hydrogen-bond acceptors (Lipinski definition) is 4. The van der Waals surface area contributed by atoms with E-state index in [2.05, 4.69) is 19.9 Å². The number of aryl methyl sites for hydroxylation is 1. The van der Waals surface area contributed by atoms with E-state index < -0.39 is 11.2 Å². The number of fused-ring (bicyclic) bond motifs is 1. The molecule has 3 heterocycles. The number of nitrogens with one attached hydrogen (secondary N) is 3. The highest BCUT2D eigenvalue weighted by Gasteiger charge is 2.14. The average molecular weight is 287 g/mol. The first-order valence-electron chi connectivity index (χ1n) is 6.52.